The third kappa shape index (κ3) is 3.99. The molecular weight excluding hydrogens is 395 g/mol. The maximum absolute atomic E-state index is 9.96. The minimum absolute atomic E-state index is 0.140. The van der Waals surface area contributed by atoms with Crippen LogP contribution in [0, 0.1) is 12.3 Å². The van der Waals surface area contributed by atoms with Crippen LogP contribution in [0.2, 0.25) is 10.0 Å². The van der Waals surface area contributed by atoms with Crippen LogP contribution < -0.4 is 10.6 Å². The molecule has 1 saturated heterocycles. The van der Waals surface area contributed by atoms with Crippen LogP contribution in [0.15, 0.2) is 18.2 Å². The second-order valence-corrected chi connectivity index (χ2v) is 8.63. The Balaban J connectivity index is 1.92. The Morgan fingerprint density at radius 2 is 1.93 bits per heavy atom. The SMILES string of the molecule is CC[C@@H](N)C1(C)CCN(c2nc(C)c(-c3cccc(Cl)c3Cl)nc2CO)CC1. The summed E-state index contributed by atoms with van der Waals surface area (Å²) in [6.45, 7) is 7.83. The number of anilines is 1. The van der Waals surface area contributed by atoms with E-state index < -0.39 is 0 Å². The Labute approximate surface area is 176 Å². The number of halogens is 2. The topological polar surface area (TPSA) is 75.3 Å². The molecule has 0 bridgehead atoms. The molecule has 3 N–H and O–H groups in total. The van der Waals surface area contributed by atoms with E-state index >= 15 is 0 Å². The predicted octanol–water partition coefficient (Wildman–Crippen LogP) is 4.59. The lowest BCUT2D eigenvalue weighted by Crippen LogP contribution is -2.48. The van der Waals surface area contributed by atoms with E-state index in [0.29, 0.717) is 21.4 Å². The highest BCUT2D eigenvalue weighted by molar-refractivity contribution is 6.43. The van der Waals surface area contributed by atoms with Crippen LogP contribution in [0.25, 0.3) is 11.3 Å². The van der Waals surface area contributed by atoms with Crippen LogP contribution in [0.3, 0.4) is 0 Å². The Kier molecular flexibility index (Phi) is 6.50. The number of hydrogen-bond donors (Lipinski definition) is 2. The number of nitrogens with two attached hydrogens (primary N) is 1. The zero-order chi connectivity index (χ0) is 20.5. The lowest BCUT2D eigenvalue weighted by Gasteiger charge is -2.43. The molecule has 0 amide bonds. The van der Waals surface area contributed by atoms with Crippen LogP contribution in [-0.2, 0) is 6.61 Å². The third-order valence-corrected chi connectivity index (χ3v) is 6.84. The quantitative estimate of drug-likeness (QED) is 0.736. The van der Waals surface area contributed by atoms with Gasteiger partial charge in [0, 0.05) is 24.7 Å². The highest BCUT2D eigenvalue weighted by atomic mass is 35.5. The van der Waals surface area contributed by atoms with E-state index in [2.05, 4.69) is 18.7 Å². The van der Waals surface area contributed by atoms with Gasteiger partial charge in [0.2, 0.25) is 0 Å². The smallest absolute Gasteiger partial charge is 0.153 e. The molecule has 0 spiro atoms. The summed E-state index contributed by atoms with van der Waals surface area (Å²) in [5, 5.41) is 10.9. The summed E-state index contributed by atoms with van der Waals surface area (Å²) in [6.07, 6.45) is 2.97. The number of benzene rings is 1. The van der Waals surface area contributed by atoms with Crippen molar-refractivity contribution in [2.45, 2.75) is 52.7 Å². The maximum atomic E-state index is 9.96. The number of aryl methyl sites for hydroxylation is 1. The molecule has 1 aromatic carbocycles. The lowest BCUT2D eigenvalue weighted by atomic mass is 9.73. The van der Waals surface area contributed by atoms with Crippen molar-refractivity contribution in [2.24, 2.45) is 11.1 Å². The monoisotopic (exact) mass is 422 g/mol. The van der Waals surface area contributed by atoms with Gasteiger partial charge in [0.1, 0.15) is 5.69 Å². The van der Waals surface area contributed by atoms with Gasteiger partial charge in [0.05, 0.1) is 28.0 Å². The van der Waals surface area contributed by atoms with Gasteiger partial charge in [-0.2, -0.15) is 0 Å². The molecule has 0 radical (unpaired) electrons. The second-order valence-electron chi connectivity index (χ2n) is 7.84. The number of hydrogen-bond acceptors (Lipinski definition) is 5. The highest BCUT2D eigenvalue weighted by Crippen LogP contribution is 2.38. The summed E-state index contributed by atoms with van der Waals surface area (Å²) in [5.74, 6) is 0.744. The number of aliphatic hydroxyl groups is 1. The number of aliphatic hydroxyl groups excluding tert-OH is 1. The van der Waals surface area contributed by atoms with Crippen molar-refractivity contribution in [1.82, 2.24) is 9.97 Å². The van der Waals surface area contributed by atoms with E-state index in [9.17, 15) is 5.11 Å². The average Bonchev–Trinajstić information content (AvgIpc) is 2.70. The molecule has 28 heavy (non-hydrogen) atoms. The predicted molar refractivity (Wildman–Crippen MR) is 116 cm³/mol. The third-order valence-electron chi connectivity index (χ3n) is 6.02. The molecule has 0 saturated carbocycles. The zero-order valence-electron chi connectivity index (χ0n) is 16.7. The van der Waals surface area contributed by atoms with Crippen molar-refractivity contribution in [1.29, 1.82) is 0 Å². The molecule has 1 atom stereocenters. The molecule has 7 heteroatoms. The van der Waals surface area contributed by atoms with Gasteiger partial charge in [0.25, 0.3) is 0 Å². The van der Waals surface area contributed by atoms with Gasteiger partial charge in [0.15, 0.2) is 5.82 Å². The lowest BCUT2D eigenvalue weighted by molar-refractivity contribution is 0.190. The minimum atomic E-state index is -0.184. The fourth-order valence-electron chi connectivity index (χ4n) is 3.94. The summed E-state index contributed by atoms with van der Waals surface area (Å²) in [6, 6.07) is 5.64. The van der Waals surface area contributed by atoms with Crippen molar-refractivity contribution in [3.63, 3.8) is 0 Å². The van der Waals surface area contributed by atoms with Gasteiger partial charge in [-0.15, -0.1) is 0 Å². The average molecular weight is 423 g/mol. The van der Waals surface area contributed by atoms with Crippen molar-refractivity contribution < 1.29 is 5.11 Å². The second kappa shape index (κ2) is 8.54. The fraction of sp³-hybridized carbons (Fsp3) is 0.524. The fourth-order valence-corrected chi connectivity index (χ4v) is 4.33. The summed E-state index contributed by atoms with van der Waals surface area (Å²) in [5.41, 5.74) is 9.17. The van der Waals surface area contributed by atoms with Gasteiger partial charge in [-0.25, -0.2) is 9.97 Å². The van der Waals surface area contributed by atoms with Gasteiger partial charge in [-0.1, -0.05) is 49.2 Å². The van der Waals surface area contributed by atoms with Crippen LogP contribution in [-0.4, -0.2) is 34.2 Å². The summed E-state index contributed by atoms with van der Waals surface area (Å²) in [7, 11) is 0. The van der Waals surface area contributed by atoms with Gasteiger partial charge < -0.3 is 15.7 Å². The first kappa shape index (κ1) is 21.3. The number of nitrogens with zero attached hydrogens (tertiary/aromatic N) is 3. The van der Waals surface area contributed by atoms with E-state index in [-0.39, 0.29) is 18.1 Å². The number of piperidine rings is 1. The molecule has 3 rings (SSSR count). The molecule has 152 valence electrons. The van der Waals surface area contributed by atoms with Crippen LogP contribution in [0.1, 0.15) is 44.5 Å². The Morgan fingerprint density at radius 1 is 1.25 bits per heavy atom. The van der Waals surface area contributed by atoms with E-state index in [0.717, 1.165) is 49.4 Å². The molecule has 5 nitrogen and oxygen atoms in total. The van der Waals surface area contributed by atoms with E-state index in [1.807, 2.05) is 19.1 Å². The first-order chi connectivity index (χ1) is 13.3. The van der Waals surface area contributed by atoms with Crippen LogP contribution in [0.5, 0.6) is 0 Å². The Morgan fingerprint density at radius 3 is 2.54 bits per heavy atom. The molecule has 1 fully saturated rings. The zero-order valence-corrected chi connectivity index (χ0v) is 18.2. The molecular formula is C21H28Cl2N4O. The molecule has 1 aliphatic heterocycles. The number of aromatic nitrogens is 2. The first-order valence-electron chi connectivity index (χ1n) is 9.74. The largest absolute Gasteiger partial charge is 0.390 e. The Bertz CT molecular complexity index is 851. The van der Waals surface area contributed by atoms with Gasteiger partial charge >= 0.3 is 0 Å². The summed E-state index contributed by atoms with van der Waals surface area (Å²) in [4.78, 5) is 11.7. The van der Waals surface area contributed by atoms with Crippen LogP contribution in [0.4, 0.5) is 5.82 Å². The number of rotatable bonds is 5. The molecule has 0 unspecified atom stereocenters. The first-order valence-corrected chi connectivity index (χ1v) is 10.5. The van der Waals surface area contributed by atoms with E-state index in [1.54, 1.807) is 6.07 Å². The van der Waals surface area contributed by atoms with Crippen molar-refractivity contribution in [3.8, 4) is 11.3 Å². The highest BCUT2D eigenvalue weighted by Gasteiger charge is 2.35. The van der Waals surface area contributed by atoms with Crippen molar-refractivity contribution >= 4 is 29.0 Å². The molecule has 2 heterocycles. The van der Waals surface area contributed by atoms with Crippen molar-refractivity contribution in [3.05, 3.63) is 39.6 Å². The molecule has 2 aromatic rings. The van der Waals surface area contributed by atoms with Gasteiger partial charge in [-0.05, 0) is 37.7 Å². The molecule has 1 aliphatic rings. The van der Waals surface area contributed by atoms with E-state index in [4.69, 9.17) is 38.9 Å². The molecule has 1 aromatic heterocycles. The summed E-state index contributed by atoms with van der Waals surface area (Å²) < 4.78 is 0. The van der Waals surface area contributed by atoms with Gasteiger partial charge in [-0.3, -0.25) is 0 Å². The molecule has 0 aliphatic carbocycles. The van der Waals surface area contributed by atoms with Crippen molar-refractivity contribution in [2.75, 3.05) is 18.0 Å². The minimum Gasteiger partial charge on any atom is -0.390 e. The van der Waals surface area contributed by atoms with E-state index in [1.165, 1.54) is 0 Å². The summed E-state index contributed by atoms with van der Waals surface area (Å²) >= 11 is 12.5. The standard InChI is InChI=1S/C21H28Cl2N4O/c1-4-17(24)21(3)8-10-27(11-9-21)20-16(12-28)26-19(13(2)25-20)14-6-5-7-15(22)18(14)23/h5-7,17,28H,4,8-12,24H2,1-3H3/t17-/m1/s1. The normalized spacial score (nSPS) is 17.6. The Hall–Kier alpha value is -1.40. The van der Waals surface area contributed by atoms with Crippen LogP contribution >= 0.6 is 23.2 Å². The maximum Gasteiger partial charge on any atom is 0.153 e.